The van der Waals surface area contributed by atoms with Gasteiger partial charge >= 0.3 is 10.8 Å². The maximum Gasteiger partial charge on any atom is 0.323 e. The summed E-state index contributed by atoms with van der Waals surface area (Å²) in [4.78, 5) is 66.4. The van der Waals surface area contributed by atoms with Crippen LogP contribution in [0.15, 0.2) is 56.8 Å². The van der Waals surface area contributed by atoms with Crippen LogP contribution in [0.3, 0.4) is 0 Å². The molecule has 0 spiro atoms. The molecule has 13 heteroatoms. The van der Waals surface area contributed by atoms with E-state index in [0.717, 1.165) is 33.6 Å². The number of benzene rings is 2. The van der Waals surface area contributed by atoms with Gasteiger partial charge in [0.2, 0.25) is 11.8 Å². The second-order valence-corrected chi connectivity index (χ2v) is 11.9. The number of H-pyrrole nitrogens is 1. The van der Waals surface area contributed by atoms with Crippen LogP contribution in [0.1, 0.15) is 21.9 Å². The zero-order valence-electron chi connectivity index (χ0n) is 19.7. The number of fused-ring (bicyclic) bond motifs is 2. The number of nitrogens with one attached hydrogen (secondary N) is 2. The van der Waals surface area contributed by atoms with Crippen molar-refractivity contribution in [3.63, 3.8) is 0 Å². The molecule has 3 amide bonds. The van der Waals surface area contributed by atoms with Crippen molar-refractivity contribution in [2.24, 2.45) is 5.92 Å². The molecule has 0 aliphatic carbocycles. The van der Waals surface area contributed by atoms with Crippen molar-refractivity contribution < 1.29 is 29.0 Å². The van der Waals surface area contributed by atoms with Gasteiger partial charge in [-0.05, 0) is 37.3 Å². The van der Waals surface area contributed by atoms with Gasteiger partial charge < -0.3 is 20.1 Å². The number of aromatic amines is 1. The molecule has 196 valence electrons. The van der Waals surface area contributed by atoms with Crippen molar-refractivity contribution in [2.75, 3.05) is 18.5 Å². The van der Waals surface area contributed by atoms with E-state index in [-0.39, 0.29) is 11.5 Å². The van der Waals surface area contributed by atoms with Crippen LogP contribution in [0.5, 0.6) is 5.75 Å². The fraction of sp³-hybridized carbons (Fsp3) is 0.240. The van der Waals surface area contributed by atoms with E-state index in [4.69, 9.17) is 4.74 Å². The molecule has 0 bridgehead atoms. The van der Waals surface area contributed by atoms with E-state index in [1.165, 1.54) is 0 Å². The number of thioether (sulfide) groups is 1. The van der Waals surface area contributed by atoms with Gasteiger partial charge in [0.15, 0.2) is 6.61 Å². The lowest BCUT2D eigenvalue weighted by molar-refractivity contribution is -0.149. The second-order valence-electron chi connectivity index (χ2n) is 8.79. The molecule has 38 heavy (non-hydrogen) atoms. The van der Waals surface area contributed by atoms with Gasteiger partial charge in [-0.25, -0.2) is 0 Å². The summed E-state index contributed by atoms with van der Waals surface area (Å²) in [7, 11) is 0. The van der Waals surface area contributed by atoms with Crippen molar-refractivity contribution in [1.29, 1.82) is 0 Å². The predicted octanol–water partition coefficient (Wildman–Crippen LogP) is 3.20. The summed E-state index contributed by atoms with van der Waals surface area (Å²) in [6, 6.07) is 12.4. The summed E-state index contributed by atoms with van der Waals surface area (Å²) in [5.74, 6) is -4.38. The minimum absolute atomic E-state index is 0.298. The van der Waals surface area contributed by atoms with Gasteiger partial charge in [-0.1, -0.05) is 56.7 Å². The number of aryl methyl sites for hydroxylation is 1. The van der Waals surface area contributed by atoms with Crippen molar-refractivity contribution in [3.05, 3.63) is 72.6 Å². The molecular weight excluding hydrogens is 598 g/mol. The highest BCUT2D eigenvalue weighted by molar-refractivity contribution is 9.10. The maximum atomic E-state index is 13.4. The van der Waals surface area contributed by atoms with Gasteiger partial charge in [0.25, 0.3) is 5.91 Å². The molecule has 2 aliphatic rings. The number of carboxylic acids is 1. The molecule has 0 unspecified atom stereocenters. The highest BCUT2D eigenvalue weighted by Gasteiger charge is 2.56. The molecule has 2 aromatic carbocycles. The lowest BCUT2D eigenvalue weighted by atomic mass is 9.82. The standard InChI is InChI=1S/C25H20BrN3O7S2/c1-11-2-5-13(6-3-11)27-16(30)10-36-15-7-4-12(26)8-14(15)18-19-21(37-22-20(18)38-25(35)28-22)24(34)29(23(19)33)9-17(31)32/h2-8,18-19,21H,9-10H2,1H3,(H,27,30)(H,28,35)(H,31,32)/t18-,19+,21-/m0/s1. The molecule has 3 N–H and O–H groups in total. The highest BCUT2D eigenvalue weighted by Crippen LogP contribution is 2.54. The smallest absolute Gasteiger partial charge is 0.323 e. The summed E-state index contributed by atoms with van der Waals surface area (Å²) >= 11 is 5.41. The van der Waals surface area contributed by atoms with Gasteiger partial charge in [-0.2, -0.15) is 0 Å². The number of aromatic nitrogens is 1. The van der Waals surface area contributed by atoms with E-state index in [1.807, 2.05) is 19.1 Å². The zero-order valence-corrected chi connectivity index (χ0v) is 22.9. The Bertz CT molecular complexity index is 1520. The first-order valence-electron chi connectivity index (χ1n) is 11.4. The van der Waals surface area contributed by atoms with Crippen LogP contribution in [-0.4, -0.2) is 57.1 Å². The summed E-state index contributed by atoms with van der Waals surface area (Å²) in [6.45, 7) is 0.865. The minimum Gasteiger partial charge on any atom is -0.483 e. The number of anilines is 1. The van der Waals surface area contributed by atoms with Crippen LogP contribution in [0.4, 0.5) is 5.69 Å². The van der Waals surface area contributed by atoms with Gasteiger partial charge in [0.05, 0.1) is 10.9 Å². The van der Waals surface area contributed by atoms with E-state index in [9.17, 15) is 29.1 Å². The molecule has 5 rings (SSSR count). The molecule has 3 heterocycles. The van der Waals surface area contributed by atoms with E-state index in [0.29, 0.717) is 31.4 Å². The monoisotopic (exact) mass is 617 g/mol. The number of rotatable bonds is 7. The Morgan fingerprint density at radius 3 is 2.58 bits per heavy atom. The van der Waals surface area contributed by atoms with Gasteiger partial charge in [0.1, 0.15) is 17.5 Å². The summed E-state index contributed by atoms with van der Waals surface area (Å²) in [5.41, 5.74) is 2.16. The molecule has 1 aromatic heterocycles. The Balaban J connectivity index is 1.49. The first-order valence-corrected chi connectivity index (χ1v) is 13.9. The molecule has 0 saturated carbocycles. The molecular formula is C25H20BrN3O7S2. The van der Waals surface area contributed by atoms with Crippen LogP contribution < -0.4 is 14.9 Å². The molecule has 2 aliphatic heterocycles. The quantitative estimate of drug-likeness (QED) is 0.343. The van der Waals surface area contributed by atoms with E-state index >= 15 is 0 Å². The Labute approximate surface area is 232 Å². The van der Waals surface area contributed by atoms with Crippen molar-refractivity contribution in [3.8, 4) is 5.75 Å². The van der Waals surface area contributed by atoms with Gasteiger partial charge in [-0.3, -0.25) is 28.9 Å². The van der Waals surface area contributed by atoms with Crippen LogP contribution in [0, 0.1) is 12.8 Å². The second kappa shape index (κ2) is 10.4. The van der Waals surface area contributed by atoms with Crippen LogP contribution in [-0.2, 0) is 19.2 Å². The molecule has 0 radical (unpaired) electrons. The van der Waals surface area contributed by atoms with Crippen LogP contribution >= 0.6 is 39.0 Å². The summed E-state index contributed by atoms with van der Waals surface area (Å²) in [5, 5.41) is 11.6. The first-order chi connectivity index (χ1) is 18.1. The summed E-state index contributed by atoms with van der Waals surface area (Å²) < 4.78 is 6.55. The average Bonchev–Trinajstić information content (AvgIpc) is 3.35. The molecule has 3 aromatic rings. The maximum absolute atomic E-state index is 13.4. The number of carbonyl (C=O) groups excluding carboxylic acids is 3. The number of carbonyl (C=O) groups is 4. The topological polar surface area (TPSA) is 146 Å². The third kappa shape index (κ3) is 5.00. The number of amides is 3. The molecule has 10 nitrogen and oxygen atoms in total. The predicted molar refractivity (Wildman–Crippen MR) is 144 cm³/mol. The van der Waals surface area contributed by atoms with Gasteiger partial charge in [-0.15, -0.1) is 0 Å². The fourth-order valence-electron chi connectivity index (χ4n) is 4.57. The average molecular weight is 618 g/mol. The van der Waals surface area contributed by atoms with Crippen molar-refractivity contribution in [1.82, 2.24) is 9.88 Å². The third-order valence-electron chi connectivity index (χ3n) is 6.21. The van der Waals surface area contributed by atoms with E-state index in [1.54, 1.807) is 30.3 Å². The number of halogens is 1. The Hall–Kier alpha value is -3.42. The minimum atomic E-state index is -1.30. The van der Waals surface area contributed by atoms with E-state index < -0.39 is 47.3 Å². The third-order valence-corrected chi connectivity index (χ3v) is 9.10. The number of hydrogen-bond donors (Lipinski definition) is 3. The van der Waals surface area contributed by atoms with Crippen molar-refractivity contribution in [2.45, 2.75) is 23.1 Å². The largest absolute Gasteiger partial charge is 0.483 e. The zero-order chi connectivity index (χ0) is 27.1. The molecule has 3 atom stereocenters. The Morgan fingerprint density at radius 1 is 1.13 bits per heavy atom. The Morgan fingerprint density at radius 2 is 1.87 bits per heavy atom. The number of ether oxygens (including phenoxy) is 1. The SMILES string of the molecule is Cc1ccc(NC(=O)COc2ccc(Br)cc2[C@@H]2c3sc(=O)[nH]c3S[C@@H]3C(=O)N(CC(=O)O)C(=O)[C@H]23)cc1. The van der Waals surface area contributed by atoms with Crippen LogP contribution in [0.2, 0.25) is 0 Å². The number of aliphatic carboxylic acids is 1. The number of hydrogen-bond acceptors (Lipinski definition) is 8. The number of likely N-dealkylation sites (tertiary alicyclic amines) is 1. The van der Waals surface area contributed by atoms with Gasteiger partial charge in [0, 0.05) is 26.5 Å². The number of imide groups is 1. The van der Waals surface area contributed by atoms with Crippen LogP contribution in [0.25, 0.3) is 0 Å². The molecule has 1 fully saturated rings. The number of carboxylic acid groups (broad SMARTS) is 1. The highest BCUT2D eigenvalue weighted by atomic mass is 79.9. The van der Waals surface area contributed by atoms with E-state index in [2.05, 4.69) is 26.2 Å². The number of nitrogens with zero attached hydrogens (tertiary/aromatic N) is 1. The normalized spacial score (nSPS) is 20.2. The van der Waals surface area contributed by atoms with Crippen molar-refractivity contribution >= 4 is 68.4 Å². The lowest BCUT2D eigenvalue weighted by Gasteiger charge is -2.31. The first kappa shape index (κ1) is 26.2. The summed E-state index contributed by atoms with van der Waals surface area (Å²) in [6.07, 6.45) is 0. The Kier molecular flexibility index (Phi) is 7.16. The molecule has 1 saturated heterocycles. The lowest BCUT2D eigenvalue weighted by Crippen LogP contribution is -2.36. The fourth-order valence-corrected chi connectivity index (χ4v) is 7.48. The number of thiazole rings is 1.